The van der Waals surface area contributed by atoms with Gasteiger partial charge in [0.1, 0.15) is 12.1 Å². The van der Waals surface area contributed by atoms with Gasteiger partial charge in [-0.25, -0.2) is 9.59 Å². The van der Waals surface area contributed by atoms with Crippen molar-refractivity contribution in [1.82, 2.24) is 20.9 Å². The molecule has 3 N–H and O–H groups in total. The molecule has 10 heteroatoms. The summed E-state index contributed by atoms with van der Waals surface area (Å²) in [6.07, 6.45) is 5.77. The Morgan fingerprint density at radius 2 is 1.79 bits per heavy atom. The van der Waals surface area contributed by atoms with Gasteiger partial charge in [0.2, 0.25) is 0 Å². The second-order valence-electron chi connectivity index (χ2n) is 7.13. The maximum absolute atomic E-state index is 12.4. The molecule has 2 fully saturated rings. The number of ether oxygens (including phenoxy) is 1. The fourth-order valence-electron chi connectivity index (χ4n) is 3.50. The first kappa shape index (κ1) is 21.6. The van der Waals surface area contributed by atoms with Crippen LogP contribution in [-0.4, -0.2) is 59.5 Å². The predicted octanol–water partition coefficient (Wildman–Crippen LogP) is 0.799. The lowest BCUT2D eigenvalue weighted by Crippen LogP contribution is -2.47. The molecule has 1 aliphatic carbocycles. The number of hydrogen-bond donors (Lipinski definition) is 3. The molecule has 0 aromatic rings. The third-order valence-corrected chi connectivity index (χ3v) is 5.30. The molecule has 1 saturated carbocycles. The van der Waals surface area contributed by atoms with Gasteiger partial charge in [-0.1, -0.05) is 33.1 Å². The van der Waals surface area contributed by atoms with E-state index < -0.39 is 48.5 Å². The second-order valence-corrected chi connectivity index (χ2v) is 7.13. The highest BCUT2D eigenvalue weighted by Crippen LogP contribution is 2.24. The van der Waals surface area contributed by atoms with Crippen molar-refractivity contribution in [2.24, 2.45) is 0 Å². The summed E-state index contributed by atoms with van der Waals surface area (Å²) in [5.41, 5.74) is -1.01. The fourth-order valence-corrected chi connectivity index (χ4v) is 3.50. The number of rotatable bonds is 7. The Bertz CT molecular complexity index is 640. The quantitative estimate of drug-likeness (QED) is 0.430. The smallest absolute Gasteiger partial charge is 0.326 e. The molecule has 0 spiro atoms. The van der Waals surface area contributed by atoms with Gasteiger partial charge >= 0.3 is 18.0 Å². The summed E-state index contributed by atoms with van der Waals surface area (Å²) in [6.45, 7) is 2.28. The average molecular weight is 396 g/mol. The maximum atomic E-state index is 12.4. The highest BCUT2D eigenvalue weighted by molar-refractivity contribution is 6.08. The minimum atomic E-state index is -1.01. The van der Waals surface area contributed by atoms with E-state index in [0.29, 0.717) is 12.8 Å². The summed E-state index contributed by atoms with van der Waals surface area (Å²) in [4.78, 5) is 60.6. The van der Waals surface area contributed by atoms with Gasteiger partial charge < -0.3 is 15.4 Å². The standard InChI is InChI=1S/C18H28N4O6/c1-3-18(4-2)15(25)22(17(27)21-18)10-14(24)28-11-13(23)20-16(26)19-12-8-6-5-7-9-12/h12H,3-11H2,1-2H3,(H,21,27)(H2,19,20,23,26). The molecule has 1 saturated heterocycles. The normalized spacial score (nSPS) is 19.1. The Labute approximate surface area is 163 Å². The predicted molar refractivity (Wildman–Crippen MR) is 98.1 cm³/mol. The van der Waals surface area contributed by atoms with Crippen LogP contribution in [0.25, 0.3) is 0 Å². The average Bonchev–Trinajstić information content (AvgIpc) is 2.91. The van der Waals surface area contributed by atoms with Gasteiger partial charge in [-0.05, 0) is 25.7 Å². The van der Waals surface area contributed by atoms with Crippen molar-refractivity contribution in [3.05, 3.63) is 0 Å². The van der Waals surface area contributed by atoms with Crippen LogP contribution in [0.15, 0.2) is 0 Å². The number of carbonyl (C=O) groups is 5. The van der Waals surface area contributed by atoms with Gasteiger partial charge in [0, 0.05) is 6.04 Å². The van der Waals surface area contributed by atoms with E-state index in [0.717, 1.165) is 37.0 Å². The fraction of sp³-hybridized carbons (Fsp3) is 0.722. The molecule has 2 aliphatic rings. The second kappa shape index (κ2) is 9.52. The van der Waals surface area contributed by atoms with Gasteiger partial charge in [0.05, 0.1) is 0 Å². The molecule has 28 heavy (non-hydrogen) atoms. The van der Waals surface area contributed by atoms with E-state index >= 15 is 0 Å². The molecule has 0 bridgehead atoms. The number of urea groups is 2. The molecule has 156 valence electrons. The molecule has 0 atom stereocenters. The molecule has 0 aromatic carbocycles. The largest absolute Gasteiger partial charge is 0.454 e. The summed E-state index contributed by atoms with van der Waals surface area (Å²) in [5.74, 6) is -2.18. The Hall–Kier alpha value is -2.65. The summed E-state index contributed by atoms with van der Waals surface area (Å²) in [6, 6.07) is -1.25. The van der Waals surface area contributed by atoms with E-state index in [1.807, 2.05) is 0 Å². The summed E-state index contributed by atoms with van der Waals surface area (Å²) in [5, 5.41) is 7.41. The zero-order valence-electron chi connectivity index (χ0n) is 16.3. The third-order valence-electron chi connectivity index (χ3n) is 5.30. The van der Waals surface area contributed by atoms with Crippen LogP contribution in [0.2, 0.25) is 0 Å². The molecule has 0 radical (unpaired) electrons. The van der Waals surface area contributed by atoms with Crippen LogP contribution in [0, 0.1) is 0 Å². The summed E-state index contributed by atoms with van der Waals surface area (Å²) >= 11 is 0. The molecule has 10 nitrogen and oxygen atoms in total. The number of esters is 1. The van der Waals surface area contributed by atoms with Gasteiger partial charge in [0.25, 0.3) is 11.8 Å². The monoisotopic (exact) mass is 396 g/mol. The zero-order chi connectivity index (χ0) is 20.7. The SMILES string of the molecule is CCC1(CC)NC(=O)N(CC(=O)OCC(=O)NC(=O)NC2CCCCC2)C1=O. The molecule has 2 rings (SSSR count). The lowest BCUT2D eigenvalue weighted by atomic mass is 9.93. The molecule has 0 unspecified atom stereocenters. The molecule has 0 aromatic heterocycles. The van der Waals surface area contributed by atoms with E-state index in [4.69, 9.17) is 4.74 Å². The van der Waals surface area contributed by atoms with Crippen molar-refractivity contribution in [2.75, 3.05) is 13.2 Å². The Balaban J connectivity index is 1.74. The Kier molecular flexibility index (Phi) is 7.36. The van der Waals surface area contributed by atoms with Crippen LogP contribution in [0.3, 0.4) is 0 Å². The van der Waals surface area contributed by atoms with Crippen molar-refractivity contribution in [1.29, 1.82) is 0 Å². The van der Waals surface area contributed by atoms with Gasteiger partial charge in [0.15, 0.2) is 6.61 Å². The van der Waals surface area contributed by atoms with Crippen LogP contribution in [0.5, 0.6) is 0 Å². The zero-order valence-corrected chi connectivity index (χ0v) is 16.3. The summed E-state index contributed by atoms with van der Waals surface area (Å²) in [7, 11) is 0. The number of nitrogens with zero attached hydrogens (tertiary/aromatic N) is 1. The highest BCUT2D eigenvalue weighted by atomic mass is 16.5. The van der Waals surface area contributed by atoms with Crippen LogP contribution < -0.4 is 16.0 Å². The number of imide groups is 2. The van der Waals surface area contributed by atoms with Crippen molar-refractivity contribution >= 4 is 29.8 Å². The van der Waals surface area contributed by atoms with Gasteiger partial charge in [-0.3, -0.25) is 24.6 Å². The van der Waals surface area contributed by atoms with Gasteiger partial charge in [-0.2, -0.15) is 0 Å². The minimum absolute atomic E-state index is 0.0428. The summed E-state index contributed by atoms with van der Waals surface area (Å²) < 4.78 is 4.78. The van der Waals surface area contributed by atoms with Gasteiger partial charge in [-0.15, -0.1) is 0 Å². The topological polar surface area (TPSA) is 134 Å². The van der Waals surface area contributed by atoms with Crippen molar-refractivity contribution in [3.8, 4) is 0 Å². The van der Waals surface area contributed by atoms with Crippen molar-refractivity contribution < 1.29 is 28.7 Å². The number of hydrogen-bond acceptors (Lipinski definition) is 6. The van der Waals surface area contributed by atoms with E-state index in [2.05, 4.69) is 16.0 Å². The lowest BCUT2D eigenvalue weighted by Gasteiger charge is -2.23. The van der Waals surface area contributed by atoms with Crippen LogP contribution in [0.1, 0.15) is 58.8 Å². The number of carbonyl (C=O) groups excluding carboxylic acids is 5. The van der Waals surface area contributed by atoms with Crippen LogP contribution in [0.4, 0.5) is 9.59 Å². The van der Waals surface area contributed by atoms with Crippen LogP contribution >= 0.6 is 0 Å². The van der Waals surface area contributed by atoms with E-state index in [9.17, 15) is 24.0 Å². The molecule has 6 amide bonds. The molecule has 1 aliphatic heterocycles. The molecule has 1 heterocycles. The first-order valence-electron chi connectivity index (χ1n) is 9.71. The minimum Gasteiger partial charge on any atom is -0.454 e. The molecular formula is C18H28N4O6. The third kappa shape index (κ3) is 5.20. The Morgan fingerprint density at radius 3 is 2.36 bits per heavy atom. The van der Waals surface area contributed by atoms with E-state index in [1.165, 1.54) is 0 Å². The van der Waals surface area contributed by atoms with Crippen molar-refractivity contribution in [3.63, 3.8) is 0 Å². The Morgan fingerprint density at radius 1 is 1.14 bits per heavy atom. The van der Waals surface area contributed by atoms with Crippen molar-refractivity contribution in [2.45, 2.75) is 70.4 Å². The first-order valence-corrected chi connectivity index (χ1v) is 9.71. The highest BCUT2D eigenvalue weighted by Gasteiger charge is 2.49. The number of amides is 6. The maximum Gasteiger partial charge on any atom is 0.326 e. The first-order chi connectivity index (χ1) is 13.3. The van der Waals surface area contributed by atoms with Crippen LogP contribution in [-0.2, 0) is 19.1 Å². The number of nitrogens with one attached hydrogen (secondary N) is 3. The van der Waals surface area contributed by atoms with E-state index in [1.54, 1.807) is 13.8 Å². The molecular weight excluding hydrogens is 368 g/mol. The van der Waals surface area contributed by atoms with E-state index in [-0.39, 0.29) is 6.04 Å². The lowest BCUT2D eigenvalue weighted by molar-refractivity contribution is -0.151.